The van der Waals surface area contributed by atoms with Gasteiger partial charge in [-0.05, 0) is 25.1 Å². The molecule has 2 unspecified atom stereocenters. The highest BCUT2D eigenvalue weighted by Gasteiger charge is 2.25. The second-order valence-corrected chi connectivity index (χ2v) is 8.04. The van der Waals surface area contributed by atoms with Gasteiger partial charge in [0.05, 0.1) is 24.8 Å². The first-order valence-corrected chi connectivity index (χ1v) is 11.7. The van der Waals surface area contributed by atoms with Crippen molar-refractivity contribution >= 4 is 19.4 Å². The molecule has 8 nitrogen and oxygen atoms in total. The zero-order valence-corrected chi connectivity index (χ0v) is 20.7. The first-order chi connectivity index (χ1) is 14.4. The van der Waals surface area contributed by atoms with Gasteiger partial charge in [-0.1, -0.05) is 32.4 Å². The summed E-state index contributed by atoms with van der Waals surface area (Å²) in [4.78, 5) is 0. The Bertz CT molecular complexity index is 612. The largest absolute Gasteiger partial charge is 0.491 e. The van der Waals surface area contributed by atoms with Gasteiger partial charge in [-0.25, -0.2) is 4.57 Å². The van der Waals surface area contributed by atoms with Crippen molar-refractivity contribution in [3.63, 3.8) is 0 Å². The van der Waals surface area contributed by atoms with Crippen molar-refractivity contribution in [2.24, 2.45) is 5.92 Å². The summed E-state index contributed by atoms with van der Waals surface area (Å²) in [5.41, 5.74) is 0.689. The molecule has 1 aromatic carbocycles. The Hall–Kier alpha value is -0.700. The molecule has 0 heterocycles. The number of ether oxygens (including phenoxy) is 4. The molecular weight excluding hydrogens is 435 g/mol. The number of methoxy groups -OCH3 is 2. The summed E-state index contributed by atoms with van der Waals surface area (Å²) in [6.45, 7) is 9.30. The van der Waals surface area contributed by atoms with Crippen LogP contribution in [-0.4, -0.2) is 54.4 Å². The zero-order chi connectivity index (χ0) is 23.0. The number of hydrogen-bond donors (Lipinski definition) is 0. The lowest BCUT2D eigenvalue weighted by atomic mass is 10.2. The molecule has 10 heteroatoms. The summed E-state index contributed by atoms with van der Waals surface area (Å²) >= 11 is 6.23. The molecular formula is C20H36ClO8P. The van der Waals surface area contributed by atoms with Gasteiger partial charge in [0.1, 0.15) is 12.4 Å². The molecule has 0 saturated carbocycles. The molecule has 0 spiro atoms. The fourth-order valence-corrected chi connectivity index (χ4v) is 3.46. The first-order valence-electron chi connectivity index (χ1n) is 9.89. The van der Waals surface area contributed by atoms with Crippen molar-refractivity contribution in [1.82, 2.24) is 0 Å². The minimum Gasteiger partial charge on any atom is -0.491 e. The summed E-state index contributed by atoms with van der Waals surface area (Å²) in [7, 11) is 0.688. The first kappa shape index (κ1) is 29.3. The van der Waals surface area contributed by atoms with Gasteiger partial charge in [0.25, 0.3) is 0 Å². The second-order valence-electron chi connectivity index (χ2n) is 5.86. The van der Waals surface area contributed by atoms with Gasteiger partial charge in [0, 0.05) is 39.4 Å². The molecule has 0 N–H and O–H groups in total. The van der Waals surface area contributed by atoms with E-state index in [-0.39, 0.29) is 25.7 Å². The Morgan fingerprint density at radius 2 is 1.70 bits per heavy atom. The number of phosphoric acid groups is 1. The van der Waals surface area contributed by atoms with E-state index in [1.54, 1.807) is 18.2 Å². The van der Waals surface area contributed by atoms with Crippen LogP contribution in [0.4, 0.5) is 0 Å². The molecule has 0 saturated heterocycles. The standard InChI is InChI=1S/C18H30ClO8P.C2H6/c1-6-24-12-14(2)13-27-28(20,23-5)26-10-9-25-15-7-8-16(17(19)11-15)18(21-3)22-4;1-2/h7-8,11,14,18H,6,9-10,12-13H2,1-5H3;1-2H3. The van der Waals surface area contributed by atoms with Gasteiger partial charge in [-0.2, -0.15) is 0 Å². The smallest absolute Gasteiger partial charge is 0.474 e. The van der Waals surface area contributed by atoms with E-state index in [0.717, 1.165) is 0 Å². The molecule has 0 aliphatic heterocycles. The molecule has 0 amide bonds. The lowest BCUT2D eigenvalue weighted by Gasteiger charge is -2.19. The Labute approximate surface area is 185 Å². The molecule has 0 aliphatic rings. The molecule has 0 radical (unpaired) electrons. The van der Waals surface area contributed by atoms with Gasteiger partial charge in [-0.15, -0.1) is 0 Å². The Balaban J connectivity index is 0.00000407. The minimum atomic E-state index is -3.64. The summed E-state index contributed by atoms with van der Waals surface area (Å²) < 4.78 is 49.1. The number of benzene rings is 1. The van der Waals surface area contributed by atoms with Crippen LogP contribution in [-0.2, 0) is 32.3 Å². The van der Waals surface area contributed by atoms with E-state index in [1.807, 2.05) is 27.7 Å². The lowest BCUT2D eigenvalue weighted by Crippen LogP contribution is -2.14. The molecule has 0 aliphatic carbocycles. The van der Waals surface area contributed by atoms with E-state index in [9.17, 15) is 4.57 Å². The van der Waals surface area contributed by atoms with Crippen LogP contribution < -0.4 is 4.74 Å². The van der Waals surface area contributed by atoms with Crippen LogP contribution in [0.2, 0.25) is 5.02 Å². The van der Waals surface area contributed by atoms with Crippen LogP contribution >= 0.6 is 19.4 Å². The fraction of sp³-hybridized carbons (Fsp3) is 0.700. The Morgan fingerprint density at radius 3 is 2.23 bits per heavy atom. The van der Waals surface area contributed by atoms with Gasteiger partial charge >= 0.3 is 7.82 Å². The van der Waals surface area contributed by atoms with Crippen molar-refractivity contribution < 1.29 is 37.1 Å². The van der Waals surface area contributed by atoms with Crippen LogP contribution in [0, 0.1) is 5.92 Å². The summed E-state index contributed by atoms with van der Waals surface area (Å²) in [5.74, 6) is 0.591. The number of rotatable bonds is 15. The van der Waals surface area contributed by atoms with E-state index in [4.69, 9.17) is 44.1 Å². The minimum absolute atomic E-state index is 0.0170. The number of hydrogen-bond acceptors (Lipinski definition) is 8. The van der Waals surface area contributed by atoms with Crippen LogP contribution in [0.25, 0.3) is 0 Å². The third kappa shape index (κ3) is 11.1. The summed E-state index contributed by atoms with van der Waals surface area (Å²) in [5, 5.41) is 0.446. The normalized spacial score (nSPS) is 14.0. The van der Waals surface area contributed by atoms with Crippen molar-refractivity contribution in [2.45, 2.75) is 34.0 Å². The average molecular weight is 471 g/mol. The number of halogens is 1. The third-order valence-electron chi connectivity index (χ3n) is 3.60. The maximum absolute atomic E-state index is 12.4. The van der Waals surface area contributed by atoms with Crippen LogP contribution in [0.3, 0.4) is 0 Å². The van der Waals surface area contributed by atoms with Crippen molar-refractivity contribution in [3.8, 4) is 5.75 Å². The average Bonchev–Trinajstić information content (AvgIpc) is 2.77. The Kier molecular flexibility index (Phi) is 16.5. The molecule has 0 fully saturated rings. The van der Waals surface area contributed by atoms with E-state index >= 15 is 0 Å². The third-order valence-corrected chi connectivity index (χ3v) is 5.34. The molecule has 176 valence electrons. The summed E-state index contributed by atoms with van der Waals surface area (Å²) in [6, 6.07) is 5.12. The maximum Gasteiger partial charge on any atom is 0.474 e. The van der Waals surface area contributed by atoms with Crippen LogP contribution in [0.1, 0.15) is 39.5 Å². The monoisotopic (exact) mass is 470 g/mol. The van der Waals surface area contributed by atoms with E-state index < -0.39 is 14.1 Å². The Morgan fingerprint density at radius 1 is 1.03 bits per heavy atom. The molecule has 0 bridgehead atoms. The van der Waals surface area contributed by atoms with E-state index in [1.165, 1.54) is 21.3 Å². The number of phosphoric ester groups is 1. The molecule has 2 atom stereocenters. The van der Waals surface area contributed by atoms with Gasteiger partial charge in [0.2, 0.25) is 0 Å². The zero-order valence-electron chi connectivity index (χ0n) is 19.0. The van der Waals surface area contributed by atoms with E-state index in [2.05, 4.69) is 0 Å². The van der Waals surface area contributed by atoms with E-state index in [0.29, 0.717) is 29.5 Å². The van der Waals surface area contributed by atoms with Gasteiger partial charge in [0.15, 0.2) is 6.29 Å². The van der Waals surface area contributed by atoms with Crippen molar-refractivity contribution in [2.75, 3.05) is 54.4 Å². The summed E-state index contributed by atoms with van der Waals surface area (Å²) in [6.07, 6.45) is -0.556. The van der Waals surface area contributed by atoms with Crippen LogP contribution in [0.5, 0.6) is 5.75 Å². The fourth-order valence-electron chi connectivity index (χ4n) is 2.18. The molecule has 30 heavy (non-hydrogen) atoms. The predicted octanol–water partition coefficient (Wildman–Crippen LogP) is 5.50. The maximum atomic E-state index is 12.4. The lowest BCUT2D eigenvalue weighted by molar-refractivity contribution is -0.105. The molecule has 1 rings (SSSR count). The van der Waals surface area contributed by atoms with Crippen molar-refractivity contribution in [3.05, 3.63) is 28.8 Å². The SMILES string of the molecule is CC.CCOCC(C)COP(=O)(OC)OCCOc1ccc(C(OC)OC)c(Cl)c1. The quantitative estimate of drug-likeness (QED) is 0.189. The second kappa shape index (κ2) is 16.9. The van der Waals surface area contributed by atoms with Crippen LogP contribution in [0.15, 0.2) is 18.2 Å². The predicted molar refractivity (Wildman–Crippen MR) is 117 cm³/mol. The molecule has 0 aromatic heterocycles. The highest BCUT2D eigenvalue weighted by Crippen LogP contribution is 2.48. The van der Waals surface area contributed by atoms with Gasteiger partial charge in [-0.3, -0.25) is 13.6 Å². The van der Waals surface area contributed by atoms with Gasteiger partial charge < -0.3 is 18.9 Å². The molecule has 1 aromatic rings. The van der Waals surface area contributed by atoms with Crippen molar-refractivity contribution in [1.29, 1.82) is 0 Å². The highest BCUT2D eigenvalue weighted by molar-refractivity contribution is 7.48. The highest BCUT2D eigenvalue weighted by atomic mass is 35.5. The topological polar surface area (TPSA) is 81.7 Å².